The molecule has 2 aliphatic rings. The number of fused-ring (bicyclic) bond motifs is 1. The summed E-state index contributed by atoms with van der Waals surface area (Å²) >= 11 is 0. The number of carbonyl (C=O) groups excluding carboxylic acids is 1. The van der Waals surface area contributed by atoms with Crippen LogP contribution in [0, 0.1) is 5.92 Å². The summed E-state index contributed by atoms with van der Waals surface area (Å²) in [5, 5.41) is 2.99. The van der Waals surface area contributed by atoms with Crippen molar-refractivity contribution >= 4 is 5.91 Å². The Kier molecular flexibility index (Phi) is 4.30. The van der Waals surface area contributed by atoms with Gasteiger partial charge in [0.1, 0.15) is 5.82 Å². The van der Waals surface area contributed by atoms with Crippen LogP contribution in [-0.2, 0) is 31.0 Å². The fourth-order valence-corrected chi connectivity index (χ4v) is 3.15. The van der Waals surface area contributed by atoms with Gasteiger partial charge >= 0.3 is 0 Å². The Morgan fingerprint density at radius 2 is 2.17 bits per heavy atom. The highest BCUT2D eigenvalue weighted by Crippen LogP contribution is 2.32. The van der Waals surface area contributed by atoms with Crippen LogP contribution in [0.3, 0.4) is 0 Å². The molecule has 0 spiro atoms. The summed E-state index contributed by atoms with van der Waals surface area (Å²) < 4.78 is 2.21. The maximum atomic E-state index is 11.8. The highest BCUT2D eigenvalue weighted by molar-refractivity contribution is 5.76. The Morgan fingerprint density at radius 1 is 1.25 bits per heavy atom. The predicted molar refractivity (Wildman–Crippen MR) is 89.8 cm³/mol. The molecule has 1 fully saturated rings. The number of nitrogens with zero attached hydrogens (tertiary/aromatic N) is 4. The molecule has 0 saturated heterocycles. The van der Waals surface area contributed by atoms with Crippen molar-refractivity contribution in [3.05, 3.63) is 47.8 Å². The van der Waals surface area contributed by atoms with Crippen molar-refractivity contribution in [2.75, 3.05) is 6.54 Å². The number of hydrogen-bond donors (Lipinski definition) is 1. The van der Waals surface area contributed by atoms with Crippen LogP contribution < -0.4 is 5.32 Å². The van der Waals surface area contributed by atoms with E-state index in [1.807, 2.05) is 18.3 Å². The first kappa shape index (κ1) is 15.3. The lowest BCUT2D eigenvalue weighted by Gasteiger charge is -2.27. The summed E-state index contributed by atoms with van der Waals surface area (Å²) in [5.41, 5.74) is 2.04. The van der Waals surface area contributed by atoms with E-state index in [1.54, 1.807) is 0 Å². The Hall–Kier alpha value is -2.21. The van der Waals surface area contributed by atoms with Gasteiger partial charge in [0.05, 0.1) is 24.5 Å². The fourth-order valence-electron chi connectivity index (χ4n) is 3.15. The topological polar surface area (TPSA) is 63.1 Å². The zero-order valence-corrected chi connectivity index (χ0v) is 13.8. The lowest BCUT2D eigenvalue weighted by molar-refractivity contribution is -0.121. The third kappa shape index (κ3) is 3.82. The van der Waals surface area contributed by atoms with Crippen LogP contribution in [0.25, 0.3) is 0 Å². The number of imidazole rings is 1. The van der Waals surface area contributed by atoms with Crippen LogP contribution in [0.5, 0.6) is 0 Å². The van der Waals surface area contributed by atoms with E-state index in [0.29, 0.717) is 18.9 Å². The molecule has 4 rings (SSSR count). The molecule has 2 aromatic heterocycles. The molecule has 1 saturated carbocycles. The average Bonchev–Trinajstić information content (AvgIpc) is 3.30. The number of pyridine rings is 1. The number of amides is 1. The largest absolute Gasteiger partial charge is 0.350 e. The Balaban J connectivity index is 1.32. The summed E-state index contributed by atoms with van der Waals surface area (Å²) in [4.78, 5) is 23.3. The van der Waals surface area contributed by atoms with Crippen molar-refractivity contribution in [3.63, 3.8) is 0 Å². The molecular formula is C18H23N5O. The summed E-state index contributed by atoms with van der Waals surface area (Å²) in [6.45, 7) is 4.14. The Morgan fingerprint density at radius 3 is 2.96 bits per heavy atom. The molecule has 6 nitrogen and oxygen atoms in total. The van der Waals surface area contributed by atoms with Crippen LogP contribution in [0.2, 0.25) is 0 Å². The second kappa shape index (κ2) is 6.73. The Bertz CT molecular complexity index is 707. The molecule has 1 aliphatic heterocycles. The average molecular weight is 325 g/mol. The summed E-state index contributed by atoms with van der Waals surface area (Å²) in [5.74, 6) is 1.85. The minimum absolute atomic E-state index is 0.153. The third-order valence-corrected chi connectivity index (χ3v) is 4.68. The number of carbonyl (C=O) groups is 1. The van der Waals surface area contributed by atoms with E-state index in [9.17, 15) is 4.79 Å². The van der Waals surface area contributed by atoms with Crippen molar-refractivity contribution in [1.29, 1.82) is 0 Å². The molecule has 1 amide bonds. The van der Waals surface area contributed by atoms with Crippen molar-refractivity contribution in [3.8, 4) is 0 Å². The van der Waals surface area contributed by atoms with Crippen molar-refractivity contribution < 1.29 is 4.79 Å². The number of hydrogen-bond acceptors (Lipinski definition) is 4. The third-order valence-electron chi connectivity index (χ3n) is 4.68. The zero-order valence-electron chi connectivity index (χ0n) is 13.8. The lowest BCUT2D eigenvalue weighted by atomic mass is 10.3. The van der Waals surface area contributed by atoms with Gasteiger partial charge in [-0.25, -0.2) is 4.98 Å². The summed E-state index contributed by atoms with van der Waals surface area (Å²) in [6, 6.07) is 6.02. The molecule has 0 aromatic carbocycles. The first-order valence-electron chi connectivity index (χ1n) is 8.70. The molecule has 1 aliphatic carbocycles. The molecule has 24 heavy (non-hydrogen) atoms. The van der Waals surface area contributed by atoms with Gasteiger partial charge in [0, 0.05) is 38.4 Å². The molecule has 0 radical (unpaired) electrons. The van der Waals surface area contributed by atoms with Gasteiger partial charge in [-0.1, -0.05) is 6.07 Å². The highest BCUT2D eigenvalue weighted by atomic mass is 16.1. The standard InChI is InChI=1S/C18H23N5O/c24-18(9-14-4-5-14)20-10-16-12-23-8-7-22(13-17(23)21-16)11-15-3-1-2-6-19-15/h1-3,6,12,14H,4-5,7-11,13H2,(H,20,24). The molecule has 0 unspecified atom stereocenters. The van der Waals surface area contributed by atoms with Gasteiger partial charge in [-0.2, -0.15) is 0 Å². The molecular weight excluding hydrogens is 302 g/mol. The van der Waals surface area contributed by atoms with Gasteiger partial charge in [0.2, 0.25) is 5.91 Å². The molecule has 0 atom stereocenters. The Labute approximate surface area is 141 Å². The summed E-state index contributed by atoms with van der Waals surface area (Å²) in [7, 11) is 0. The van der Waals surface area contributed by atoms with Crippen molar-refractivity contribution in [2.45, 2.75) is 45.4 Å². The van der Waals surface area contributed by atoms with Crippen LogP contribution in [0.1, 0.15) is 36.5 Å². The van der Waals surface area contributed by atoms with E-state index in [1.165, 1.54) is 12.8 Å². The number of nitrogens with one attached hydrogen (secondary N) is 1. The minimum Gasteiger partial charge on any atom is -0.350 e. The maximum Gasteiger partial charge on any atom is 0.220 e. The van der Waals surface area contributed by atoms with Gasteiger partial charge in [-0.05, 0) is 30.9 Å². The monoisotopic (exact) mass is 325 g/mol. The molecule has 126 valence electrons. The molecule has 6 heteroatoms. The van der Waals surface area contributed by atoms with Crippen LogP contribution in [0.4, 0.5) is 0 Å². The van der Waals surface area contributed by atoms with Crippen molar-refractivity contribution in [1.82, 2.24) is 24.8 Å². The second-order valence-corrected chi connectivity index (χ2v) is 6.80. The first-order chi connectivity index (χ1) is 11.8. The van der Waals surface area contributed by atoms with E-state index in [4.69, 9.17) is 4.98 Å². The van der Waals surface area contributed by atoms with Crippen molar-refractivity contribution in [2.24, 2.45) is 5.92 Å². The second-order valence-electron chi connectivity index (χ2n) is 6.80. The molecule has 1 N–H and O–H groups in total. The smallest absolute Gasteiger partial charge is 0.220 e. The van der Waals surface area contributed by atoms with E-state index >= 15 is 0 Å². The fraction of sp³-hybridized carbons (Fsp3) is 0.500. The molecule has 3 heterocycles. The van der Waals surface area contributed by atoms with Crippen LogP contribution in [0.15, 0.2) is 30.6 Å². The first-order valence-corrected chi connectivity index (χ1v) is 8.70. The zero-order chi connectivity index (χ0) is 16.4. The van der Waals surface area contributed by atoms with Gasteiger partial charge < -0.3 is 9.88 Å². The van der Waals surface area contributed by atoms with Gasteiger partial charge in [-0.3, -0.25) is 14.7 Å². The maximum absolute atomic E-state index is 11.8. The highest BCUT2D eigenvalue weighted by Gasteiger charge is 2.24. The van der Waals surface area contributed by atoms with E-state index in [2.05, 4.69) is 32.0 Å². The predicted octanol–water partition coefficient (Wildman–Crippen LogP) is 1.71. The SMILES string of the molecule is O=C(CC1CC1)NCc1cn2c(n1)CN(Cc1ccccn1)CC2. The van der Waals surface area contributed by atoms with Crippen LogP contribution in [-0.4, -0.2) is 31.9 Å². The summed E-state index contributed by atoms with van der Waals surface area (Å²) in [6.07, 6.45) is 7.00. The van der Waals surface area contributed by atoms with Gasteiger partial charge in [-0.15, -0.1) is 0 Å². The van der Waals surface area contributed by atoms with Gasteiger partial charge in [0.15, 0.2) is 0 Å². The molecule has 2 aromatic rings. The minimum atomic E-state index is 0.153. The van der Waals surface area contributed by atoms with E-state index in [-0.39, 0.29) is 5.91 Å². The van der Waals surface area contributed by atoms with Crippen LogP contribution >= 0.6 is 0 Å². The normalized spacial score (nSPS) is 17.5. The van der Waals surface area contributed by atoms with E-state index < -0.39 is 0 Å². The quantitative estimate of drug-likeness (QED) is 0.878. The van der Waals surface area contributed by atoms with E-state index in [0.717, 1.165) is 43.4 Å². The number of aromatic nitrogens is 3. The number of rotatable bonds is 6. The lowest BCUT2D eigenvalue weighted by Crippen LogP contribution is -2.33. The molecule has 0 bridgehead atoms. The van der Waals surface area contributed by atoms with Gasteiger partial charge in [0.25, 0.3) is 0 Å².